The van der Waals surface area contributed by atoms with Gasteiger partial charge in [-0.1, -0.05) is 0 Å². The molecule has 1 unspecified atom stereocenters. The summed E-state index contributed by atoms with van der Waals surface area (Å²) in [5, 5.41) is 2.72. The molecular weight excluding hydrogens is 262 g/mol. The Labute approximate surface area is 97.1 Å². The molecule has 1 atom stereocenters. The summed E-state index contributed by atoms with van der Waals surface area (Å²) in [4.78, 5) is 11.5. The van der Waals surface area contributed by atoms with Crippen LogP contribution in [-0.2, 0) is 4.74 Å². The second-order valence-corrected chi connectivity index (χ2v) is 3.86. The van der Waals surface area contributed by atoms with Gasteiger partial charge in [0.1, 0.15) is 0 Å². The van der Waals surface area contributed by atoms with Crippen LogP contribution >= 0.6 is 15.9 Å². The first-order valence-corrected chi connectivity index (χ1v) is 5.58. The number of hydrogen-bond donors (Lipinski definition) is 1. The number of amides is 1. The fraction of sp³-hybridized carbons (Fsp3) is 0.500. The van der Waals surface area contributed by atoms with Crippen molar-refractivity contribution in [2.24, 2.45) is 0 Å². The molecule has 4 nitrogen and oxygen atoms in total. The second kappa shape index (κ2) is 5.92. The fourth-order valence-corrected chi connectivity index (χ4v) is 1.41. The number of rotatable bonds is 5. The summed E-state index contributed by atoms with van der Waals surface area (Å²) in [6.45, 7) is 4.94. The van der Waals surface area contributed by atoms with Crippen molar-refractivity contribution in [3.63, 3.8) is 0 Å². The fourth-order valence-electron chi connectivity index (χ4n) is 1.10. The number of hydrogen-bond acceptors (Lipinski definition) is 3. The van der Waals surface area contributed by atoms with E-state index in [4.69, 9.17) is 9.15 Å². The zero-order chi connectivity index (χ0) is 11.3. The van der Waals surface area contributed by atoms with Gasteiger partial charge < -0.3 is 14.5 Å². The van der Waals surface area contributed by atoms with Crippen molar-refractivity contribution in [2.45, 2.75) is 20.0 Å². The van der Waals surface area contributed by atoms with Gasteiger partial charge in [-0.15, -0.1) is 0 Å². The van der Waals surface area contributed by atoms with Crippen molar-refractivity contribution in [1.82, 2.24) is 5.32 Å². The summed E-state index contributed by atoms with van der Waals surface area (Å²) >= 11 is 3.13. The Balaban J connectivity index is 2.36. The maximum Gasteiger partial charge on any atom is 0.287 e. The van der Waals surface area contributed by atoms with Gasteiger partial charge in [-0.05, 0) is 41.9 Å². The molecule has 0 aromatic carbocycles. The minimum atomic E-state index is -0.229. The molecule has 0 radical (unpaired) electrons. The van der Waals surface area contributed by atoms with Crippen LogP contribution in [0.25, 0.3) is 0 Å². The lowest BCUT2D eigenvalue weighted by Gasteiger charge is -2.11. The van der Waals surface area contributed by atoms with Crippen LogP contribution in [0.2, 0.25) is 0 Å². The standard InChI is InChI=1S/C10H14BrNO3/c1-3-14-7(2)6-12-10(13)8-4-5-9(11)15-8/h4-5,7H,3,6H2,1-2H3,(H,12,13). The summed E-state index contributed by atoms with van der Waals surface area (Å²) < 4.78 is 10.9. The van der Waals surface area contributed by atoms with E-state index in [0.29, 0.717) is 23.6 Å². The Morgan fingerprint density at radius 2 is 2.40 bits per heavy atom. The Bertz CT molecular complexity index is 324. The van der Waals surface area contributed by atoms with E-state index in [9.17, 15) is 4.79 Å². The van der Waals surface area contributed by atoms with Crippen molar-refractivity contribution in [3.05, 3.63) is 22.6 Å². The zero-order valence-electron chi connectivity index (χ0n) is 8.75. The van der Waals surface area contributed by atoms with Crippen LogP contribution in [0.1, 0.15) is 24.4 Å². The number of furan rings is 1. The average Bonchev–Trinajstić information content (AvgIpc) is 2.62. The van der Waals surface area contributed by atoms with Gasteiger partial charge in [0.2, 0.25) is 0 Å². The largest absolute Gasteiger partial charge is 0.444 e. The van der Waals surface area contributed by atoms with Crippen LogP contribution in [0.4, 0.5) is 0 Å². The predicted molar refractivity (Wildman–Crippen MR) is 59.8 cm³/mol. The monoisotopic (exact) mass is 275 g/mol. The molecule has 84 valence electrons. The molecule has 1 aromatic heterocycles. The highest BCUT2D eigenvalue weighted by atomic mass is 79.9. The third-order valence-corrected chi connectivity index (χ3v) is 2.22. The first-order valence-electron chi connectivity index (χ1n) is 4.78. The van der Waals surface area contributed by atoms with E-state index < -0.39 is 0 Å². The van der Waals surface area contributed by atoms with Crippen molar-refractivity contribution in [3.8, 4) is 0 Å². The molecule has 1 aromatic rings. The molecule has 5 heteroatoms. The van der Waals surface area contributed by atoms with Crippen molar-refractivity contribution in [1.29, 1.82) is 0 Å². The Hall–Kier alpha value is -0.810. The van der Waals surface area contributed by atoms with Crippen LogP contribution in [0.15, 0.2) is 21.2 Å². The predicted octanol–water partition coefficient (Wildman–Crippen LogP) is 2.20. The van der Waals surface area contributed by atoms with Gasteiger partial charge >= 0.3 is 0 Å². The normalized spacial score (nSPS) is 12.5. The van der Waals surface area contributed by atoms with Gasteiger partial charge in [0, 0.05) is 13.2 Å². The van der Waals surface area contributed by atoms with Crippen molar-refractivity contribution >= 4 is 21.8 Å². The van der Waals surface area contributed by atoms with Crippen LogP contribution in [0.5, 0.6) is 0 Å². The van der Waals surface area contributed by atoms with E-state index in [1.807, 2.05) is 13.8 Å². The summed E-state index contributed by atoms with van der Waals surface area (Å²) in [7, 11) is 0. The highest BCUT2D eigenvalue weighted by molar-refractivity contribution is 9.10. The van der Waals surface area contributed by atoms with E-state index in [2.05, 4.69) is 21.2 Å². The van der Waals surface area contributed by atoms with E-state index in [1.54, 1.807) is 12.1 Å². The van der Waals surface area contributed by atoms with Gasteiger partial charge in [0.15, 0.2) is 10.4 Å². The molecule has 0 saturated carbocycles. The summed E-state index contributed by atoms with van der Waals surface area (Å²) in [6, 6.07) is 3.30. The summed E-state index contributed by atoms with van der Waals surface area (Å²) in [5.41, 5.74) is 0. The highest BCUT2D eigenvalue weighted by Gasteiger charge is 2.11. The molecule has 0 fully saturated rings. The van der Waals surface area contributed by atoms with Gasteiger partial charge in [-0.25, -0.2) is 0 Å². The molecule has 1 amide bonds. The molecule has 1 rings (SSSR count). The highest BCUT2D eigenvalue weighted by Crippen LogP contribution is 2.13. The summed E-state index contributed by atoms with van der Waals surface area (Å²) in [6.07, 6.45) is 0.0114. The molecule has 1 heterocycles. The van der Waals surface area contributed by atoms with Crippen LogP contribution in [0, 0.1) is 0 Å². The molecule has 0 aliphatic carbocycles. The van der Waals surface area contributed by atoms with Gasteiger partial charge in [-0.3, -0.25) is 4.79 Å². The van der Waals surface area contributed by atoms with E-state index >= 15 is 0 Å². The lowest BCUT2D eigenvalue weighted by molar-refractivity contribution is 0.0684. The van der Waals surface area contributed by atoms with Crippen molar-refractivity contribution < 1.29 is 13.9 Å². The molecule has 0 saturated heterocycles. The summed E-state index contributed by atoms with van der Waals surface area (Å²) in [5.74, 6) is 0.0674. The van der Waals surface area contributed by atoms with Crippen LogP contribution in [0.3, 0.4) is 0 Å². The van der Waals surface area contributed by atoms with Gasteiger partial charge in [-0.2, -0.15) is 0 Å². The molecular formula is C10H14BrNO3. The van der Waals surface area contributed by atoms with E-state index in [0.717, 1.165) is 0 Å². The molecule has 15 heavy (non-hydrogen) atoms. The molecule has 0 spiro atoms. The van der Waals surface area contributed by atoms with Crippen LogP contribution in [-0.4, -0.2) is 25.2 Å². The van der Waals surface area contributed by atoms with E-state index in [-0.39, 0.29) is 12.0 Å². The smallest absolute Gasteiger partial charge is 0.287 e. The quantitative estimate of drug-likeness (QED) is 0.896. The average molecular weight is 276 g/mol. The molecule has 0 aliphatic rings. The number of carbonyl (C=O) groups excluding carboxylic acids is 1. The lowest BCUT2D eigenvalue weighted by Crippen LogP contribution is -2.31. The maximum absolute atomic E-state index is 11.5. The first-order chi connectivity index (χ1) is 7.13. The zero-order valence-corrected chi connectivity index (χ0v) is 10.3. The number of carbonyl (C=O) groups is 1. The second-order valence-electron chi connectivity index (χ2n) is 3.08. The topological polar surface area (TPSA) is 51.5 Å². The van der Waals surface area contributed by atoms with Gasteiger partial charge in [0.05, 0.1) is 6.10 Å². The molecule has 0 aliphatic heterocycles. The van der Waals surface area contributed by atoms with Gasteiger partial charge in [0.25, 0.3) is 5.91 Å². The minimum Gasteiger partial charge on any atom is -0.444 e. The lowest BCUT2D eigenvalue weighted by atomic mass is 10.3. The number of halogens is 1. The Morgan fingerprint density at radius 3 is 2.93 bits per heavy atom. The maximum atomic E-state index is 11.5. The molecule has 1 N–H and O–H groups in total. The number of nitrogens with one attached hydrogen (secondary N) is 1. The molecule has 0 bridgehead atoms. The SMILES string of the molecule is CCOC(C)CNC(=O)c1ccc(Br)o1. The third-order valence-electron chi connectivity index (χ3n) is 1.80. The van der Waals surface area contributed by atoms with E-state index in [1.165, 1.54) is 0 Å². The first kappa shape index (κ1) is 12.3. The van der Waals surface area contributed by atoms with Crippen molar-refractivity contribution in [2.75, 3.05) is 13.2 Å². The number of ether oxygens (including phenoxy) is 1. The third kappa shape index (κ3) is 4.05. The van der Waals surface area contributed by atoms with Crippen LogP contribution < -0.4 is 5.32 Å². The Kier molecular flexibility index (Phi) is 4.84. The Morgan fingerprint density at radius 1 is 1.67 bits per heavy atom. The minimum absolute atomic E-state index is 0.0114.